The summed E-state index contributed by atoms with van der Waals surface area (Å²) in [5, 5.41) is 32.7. The number of amides is 1. The van der Waals surface area contributed by atoms with Crippen LogP contribution in [-0.2, 0) is 4.79 Å². The highest BCUT2D eigenvalue weighted by molar-refractivity contribution is 5.80. The molecule has 0 bridgehead atoms. The van der Waals surface area contributed by atoms with Gasteiger partial charge in [0.15, 0.2) is 0 Å². The Labute approximate surface area is 229 Å². The maximum absolute atomic E-state index is 12.3. The molecule has 0 fully saturated rings. The number of aliphatic hydroxyl groups excluding tert-OH is 3. The van der Waals surface area contributed by atoms with Crippen LogP contribution >= 0.6 is 0 Å². The summed E-state index contributed by atoms with van der Waals surface area (Å²) in [4.78, 5) is 12.3. The third kappa shape index (κ3) is 23.7. The zero-order valence-electron chi connectivity index (χ0n) is 24.3. The van der Waals surface area contributed by atoms with Crippen molar-refractivity contribution in [2.75, 3.05) is 6.61 Å². The molecule has 0 aliphatic carbocycles. The first kappa shape index (κ1) is 35.8. The van der Waals surface area contributed by atoms with Crippen molar-refractivity contribution >= 4 is 5.91 Å². The molecular weight excluding hydrogens is 462 g/mol. The predicted octanol–water partition coefficient (Wildman–Crippen LogP) is 7.53. The number of hydrogen-bond acceptors (Lipinski definition) is 4. The van der Waals surface area contributed by atoms with Crippen LogP contribution in [0.4, 0.5) is 0 Å². The molecule has 0 aromatic heterocycles. The van der Waals surface area contributed by atoms with Crippen molar-refractivity contribution in [1.82, 2.24) is 5.32 Å². The fraction of sp³-hybridized carbons (Fsp3) is 0.844. The number of rotatable bonds is 27. The third-order valence-corrected chi connectivity index (χ3v) is 7.04. The van der Waals surface area contributed by atoms with Gasteiger partial charge in [-0.3, -0.25) is 4.79 Å². The highest BCUT2D eigenvalue weighted by Gasteiger charge is 2.22. The van der Waals surface area contributed by atoms with Crippen LogP contribution in [-0.4, -0.2) is 46.1 Å². The Kier molecular flexibility index (Phi) is 27.0. The Bertz CT molecular complexity index is 549. The van der Waals surface area contributed by atoms with E-state index in [2.05, 4.69) is 31.3 Å². The monoisotopic (exact) mass is 523 g/mol. The van der Waals surface area contributed by atoms with Crippen LogP contribution in [0, 0.1) is 0 Å². The van der Waals surface area contributed by atoms with Gasteiger partial charge in [0.05, 0.1) is 18.8 Å². The minimum absolute atomic E-state index is 0.374. The van der Waals surface area contributed by atoms with Crippen molar-refractivity contribution < 1.29 is 20.1 Å². The van der Waals surface area contributed by atoms with Gasteiger partial charge in [-0.25, -0.2) is 0 Å². The number of allylic oxidation sites excluding steroid dienone is 3. The van der Waals surface area contributed by atoms with E-state index in [0.717, 1.165) is 38.5 Å². The summed E-state index contributed by atoms with van der Waals surface area (Å²) in [7, 11) is 0. The third-order valence-electron chi connectivity index (χ3n) is 7.04. The van der Waals surface area contributed by atoms with E-state index in [1.807, 2.05) is 6.08 Å². The molecular formula is C32H61NO4. The van der Waals surface area contributed by atoms with Gasteiger partial charge in [-0.05, 0) is 32.1 Å². The van der Waals surface area contributed by atoms with Crippen LogP contribution in [0.5, 0.6) is 0 Å². The van der Waals surface area contributed by atoms with Gasteiger partial charge >= 0.3 is 0 Å². The Morgan fingerprint density at radius 2 is 1.11 bits per heavy atom. The SMILES string of the molecule is CCCCCCCCC/C=C/CC/C=C/[C@@H](O)[C@H](CO)NC(=O)[C@H](O)CCCCCCCCCCCC. The smallest absolute Gasteiger partial charge is 0.249 e. The summed E-state index contributed by atoms with van der Waals surface area (Å²) in [6, 6.07) is -0.807. The molecule has 0 rings (SSSR count). The second-order valence-corrected chi connectivity index (χ2v) is 10.7. The molecule has 0 radical (unpaired) electrons. The second-order valence-electron chi connectivity index (χ2n) is 10.7. The zero-order chi connectivity index (χ0) is 27.4. The van der Waals surface area contributed by atoms with Crippen molar-refractivity contribution in [2.45, 2.75) is 167 Å². The number of carbonyl (C=O) groups excluding carboxylic acids is 1. The van der Waals surface area contributed by atoms with E-state index in [4.69, 9.17) is 0 Å². The summed E-state index contributed by atoms with van der Waals surface area (Å²) in [5.41, 5.74) is 0. The van der Waals surface area contributed by atoms with Gasteiger partial charge in [0.1, 0.15) is 6.10 Å². The van der Waals surface area contributed by atoms with Crippen molar-refractivity contribution in [1.29, 1.82) is 0 Å². The maximum atomic E-state index is 12.3. The van der Waals surface area contributed by atoms with E-state index < -0.39 is 24.2 Å². The minimum atomic E-state index is -1.10. The normalized spacial score (nSPS) is 14.4. The van der Waals surface area contributed by atoms with Crippen molar-refractivity contribution in [3.05, 3.63) is 24.3 Å². The van der Waals surface area contributed by atoms with Gasteiger partial charge in [-0.15, -0.1) is 0 Å². The van der Waals surface area contributed by atoms with E-state index in [-0.39, 0.29) is 6.61 Å². The molecule has 4 N–H and O–H groups in total. The molecule has 0 saturated carbocycles. The lowest BCUT2D eigenvalue weighted by molar-refractivity contribution is -0.131. The first-order valence-corrected chi connectivity index (χ1v) is 15.7. The fourth-order valence-electron chi connectivity index (χ4n) is 4.49. The number of carbonyl (C=O) groups is 1. The number of aliphatic hydroxyl groups is 3. The number of nitrogens with one attached hydrogen (secondary N) is 1. The summed E-state index contributed by atoms with van der Waals surface area (Å²) in [6.45, 7) is 4.10. The topological polar surface area (TPSA) is 89.8 Å². The van der Waals surface area contributed by atoms with Crippen LogP contribution in [0.2, 0.25) is 0 Å². The van der Waals surface area contributed by atoms with Gasteiger partial charge in [0, 0.05) is 0 Å². The molecule has 0 aliphatic heterocycles. The molecule has 0 spiro atoms. The van der Waals surface area contributed by atoms with Crippen molar-refractivity contribution in [3.8, 4) is 0 Å². The summed E-state index contributed by atoms with van der Waals surface area (Å²) in [5.74, 6) is -0.518. The quantitative estimate of drug-likeness (QED) is 0.0661. The second kappa shape index (κ2) is 27.9. The van der Waals surface area contributed by atoms with Gasteiger partial charge in [0.2, 0.25) is 5.91 Å². The highest BCUT2D eigenvalue weighted by atomic mass is 16.3. The van der Waals surface area contributed by atoms with E-state index in [9.17, 15) is 20.1 Å². The van der Waals surface area contributed by atoms with E-state index in [0.29, 0.717) is 6.42 Å². The van der Waals surface area contributed by atoms with Crippen LogP contribution in [0.3, 0.4) is 0 Å². The molecule has 0 aromatic rings. The molecule has 218 valence electrons. The van der Waals surface area contributed by atoms with Crippen molar-refractivity contribution in [3.63, 3.8) is 0 Å². The molecule has 37 heavy (non-hydrogen) atoms. The zero-order valence-corrected chi connectivity index (χ0v) is 24.3. The van der Waals surface area contributed by atoms with Crippen molar-refractivity contribution in [2.24, 2.45) is 0 Å². The van der Waals surface area contributed by atoms with Crippen LogP contribution < -0.4 is 5.32 Å². The molecule has 0 heterocycles. The average Bonchev–Trinajstić information content (AvgIpc) is 2.90. The Hall–Kier alpha value is -1.17. The van der Waals surface area contributed by atoms with Gasteiger partial charge in [-0.2, -0.15) is 0 Å². The number of hydrogen-bond donors (Lipinski definition) is 4. The predicted molar refractivity (Wildman–Crippen MR) is 158 cm³/mol. The minimum Gasteiger partial charge on any atom is -0.394 e. The molecule has 0 saturated heterocycles. The lowest BCUT2D eigenvalue weighted by atomic mass is 10.0. The van der Waals surface area contributed by atoms with Crippen LogP contribution in [0.25, 0.3) is 0 Å². The molecule has 5 heteroatoms. The van der Waals surface area contributed by atoms with Gasteiger partial charge in [0.25, 0.3) is 0 Å². The first-order chi connectivity index (χ1) is 18.1. The number of unbranched alkanes of at least 4 members (excludes halogenated alkanes) is 17. The molecule has 5 nitrogen and oxygen atoms in total. The van der Waals surface area contributed by atoms with Gasteiger partial charge < -0.3 is 20.6 Å². The summed E-state index contributed by atoms with van der Waals surface area (Å²) in [6.07, 6.45) is 30.4. The average molecular weight is 524 g/mol. The Morgan fingerprint density at radius 1 is 0.649 bits per heavy atom. The molecule has 3 atom stereocenters. The molecule has 0 unspecified atom stereocenters. The summed E-state index contributed by atoms with van der Waals surface area (Å²) >= 11 is 0. The van der Waals surface area contributed by atoms with Crippen LogP contribution in [0.1, 0.15) is 149 Å². The van der Waals surface area contributed by atoms with E-state index >= 15 is 0 Å². The van der Waals surface area contributed by atoms with Gasteiger partial charge in [-0.1, -0.05) is 141 Å². The Balaban J connectivity index is 3.89. The van der Waals surface area contributed by atoms with Crippen LogP contribution in [0.15, 0.2) is 24.3 Å². The standard InChI is InChI=1S/C32H61NO4/c1-3-5-7-9-11-13-15-16-17-19-20-22-24-26-30(35)29(28-34)33-32(37)31(36)27-25-23-21-18-14-12-10-8-6-4-2/h17,19,24,26,29-31,34-36H,3-16,18,20-23,25,27-28H2,1-2H3,(H,33,37)/b19-17+,26-24+/t29-,30+,31+/m0/s1. The highest BCUT2D eigenvalue weighted by Crippen LogP contribution is 2.13. The lowest BCUT2D eigenvalue weighted by Gasteiger charge is -2.21. The largest absolute Gasteiger partial charge is 0.394 e. The lowest BCUT2D eigenvalue weighted by Crippen LogP contribution is -2.48. The molecule has 0 aliphatic rings. The maximum Gasteiger partial charge on any atom is 0.249 e. The Morgan fingerprint density at radius 3 is 1.65 bits per heavy atom. The summed E-state index contributed by atoms with van der Waals surface area (Å²) < 4.78 is 0. The fourth-order valence-corrected chi connectivity index (χ4v) is 4.49. The molecule has 1 amide bonds. The van der Waals surface area contributed by atoms with E-state index in [1.165, 1.54) is 89.9 Å². The van der Waals surface area contributed by atoms with E-state index in [1.54, 1.807) is 6.08 Å². The first-order valence-electron chi connectivity index (χ1n) is 15.7. The molecule has 0 aromatic carbocycles.